The Labute approximate surface area is 176 Å². The Bertz CT molecular complexity index is 861. The molecule has 2 aromatic carbocycles. The summed E-state index contributed by atoms with van der Waals surface area (Å²) < 4.78 is 7.26. The zero-order chi connectivity index (χ0) is 20.2. The van der Waals surface area contributed by atoms with Gasteiger partial charge >= 0.3 is 0 Å². The predicted molar refractivity (Wildman–Crippen MR) is 113 cm³/mol. The van der Waals surface area contributed by atoms with Crippen LogP contribution in [-0.4, -0.2) is 18.4 Å². The van der Waals surface area contributed by atoms with Crippen molar-refractivity contribution < 1.29 is 14.3 Å². The van der Waals surface area contributed by atoms with Gasteiger partial charge in [-0.2, -0.15) is 0 Å². The molecule has 0 saturated carbocycles. The van der Waals surface area contributed by atoms with Crippen molar-refractivity contribution in [1.82, 2.24) is 10.9 Å². The Kier molecular flexibility index (Phi) is 7.06. The molecule has 0 heterocycles. The summed E-state index contributed by atoms with van der Waals surface area (Å²) in [7, 11) is 0. The highest BCUT2D eigenvalue weighted by molar-refractivity contribution is 9.10. The molecule has 0 radical (unpaired) electrons. The Morgan fingerprint density at radius 1 is 1.04 bits per heavy atom. The van der Waals surface area contributed by atoms with Gasteiger partial charge in [0.1, 0.15) is 5.75 Å². The highest BCUT2D eigenvalue weighted by Gasteiger charge is 2.18. The number of rotatable bonds is 4. The fraction of sp³-hybridized carbons (Fsp3) is 0.300. The van der Waals surface area contributed by atoms with Crippen molar-refractivity contribution in [3.63, 3.8) is 0 Å². The van der Waals surface area contributed by atoms with Gasteiger partial charge in [-0.1, -0.05) is 58.7 Å². The van der Waals surface area contributed by atoms with Crippen LogP contribution in [0.15, 0.2) is 45.3 Å². The van der Waals surface area contributed by atoms with Gasteiger partial charge in [0.05, 0.1) is 0 Å². The first-order chi connectivity index (χ1) is 12.6. The van der Waals surface area contributed by atoms with Crippen molar-refractivity contribution in [2.24, 2.45) is 0 Å². The molecule has 2 amide bonds. The largest absolute Gasteiger partial charge is 0.483 e. The number of hydrogen-bond donors (Lipinski definition) is 2. The molecule has 0 bridgehead atoms. The van der Waals surface area contributed by atoms with E-state index in [2.05, 4.69) is 63.5 Å². The summed E-state index contributed by atoms with van der Waals surface area (Å²) in [5.41, 5.74) is 7.17. The van der Waals surface area contributed by atoms with Crippen molar-refractivity contribution in [3.05, 3.63) is 62.0 Å². The van der Waals surface area contributed by atoms with Crippen molar-refractivity contribution in [3.8, 4) is 5.75 Å². The van der Waals surface area contributed by atoms with Crippen LogP contribution >= 0.6 is 31.9 Å². The maximum absolute atomic E-state index is 12.2. The van der Waals surface area contributed by atoms with Crippen LogP contribution in [0, 0.1) is 6.92 Å². The first-order valence-corrected chi connectivity index (χ1v) is 9.94. The maximum Gasteiger partial charge on any atom is 0.276 e. The molecule has 5 nitrogen and oxygen atoms in total. The topological polar surface area (TPSA) is 67.4 Å². The van der Waals surface area contributed by atoms with Crippen LogP contribution in [0.3, 0.4) is 0 Å². The van der Waals surface area contributed by atoms with E-state index in [0.29, 0.717) is 11.3 Å². The lowest BCUT2D eigenvalue weighted by Gasteiger charge is -2.21. The van der Waals surface area contributed by atoms with Crippen LogP contribution in [0.2, 0.25) is 0 Å². The van der Waals surface area contributed by atoms with E-state index in [-0.39, 0.29) is 12.0 Å². The molecule has 0 aromatic heterocycles. The van der Waals surface area contributed by atoms with E-state index in [0.717, 1.165) is 20.1 Å². The predicted octanol–water partition coefficient (Wildman–Crippen LogP) is 4.66. The van der Waals surface area contributed by atoms with Gasteiger partial charge in [0, 0.05) is 14.5 Å². The number of hydrazine groups is 1. The van der Waals surface area contributed by atoms with Crippen molar-refractivity contribution >= 4 is 43.7 Å². The van der Waals surface area contributed by atoms with Crippen LogP contribution < -0.4 is 15.6 Å². The van der Waals surface area contributed by atoms with Crippen LogP contribution in [0.4, 0.5) is 0 Å². The Balaban J connectivity index is 1.89. The van der Waals surface area contributed by atoms with Gasteiger partial charge in [0.2, 0.25) is 0 Å². The standard InChI is InChI=1S/C20H22Br2N2O3/c1-12-9-14(21)6-8-17(12)27-11-18(25)23-24-19(26)13-5-7-15(16(22)10-13)20(2,3)4/h5-10H,11H2,1-4H3,(H,23,25)(H,24,26). The number of carbonyl (C=O) groups is 2. The number of halogens is 2. The first kappa shape index (κ1) is 21.4. The van der Waals surface area contributed by atoms with Gasteiger partial charge in [-0.15, -0.1) is 0 Å². The fourth-order valence-electron chi connectivity index (χ4n) is 2.42. The molecule has 144 valence electrons. The number of benzene rings is 2. The van der Waals surface area contributed by atoms with Crippen LogP contribution in [0.5, 0.6) is 5.75 Å². The molecule has 0 atom stereocenters. The average Bonchev–Trinajstić information content (AvgIpc) is 2.57. The Hall–Kier alpha value is -1.86. The van der Waals surface area contributed by atoms with E-state index in [9.17, 15) is 9.59 Å². The van der Waals surface area contributed by atoms with E-state index in [1.165, 1.54) is 0 Å². The monoisotopic (exact) mass is 496 g/mol. The molecule has 2 rings (SSSR count). The van der Waals surface area contributed by atoms with Crippen molar-refractivity contribution in [2.75, 3.05) is 6.61 Å². The minimum atomic E-state index is -0.448. The van der Waals surface area contributed by atoms with E-state index in [1.807, 2.05) is 25.1 Å². The molecular formula is C20H22Br2N2O3. The second kappa shape index (κ2) is 8.89. The molecule has 0 fully saturated rings. The lowest BCUT2D eigenvalue weighted by atomic mass is 9.86. The zero-order valence-electron chi connectivity index (χ0n) is 15.7. The Morgan fingerprint density at radius 2 is 1.74 bits per heavy atom. The normalized spacial score (nSPS) is 11.0. The van der Waals surface area contributed by atoms with Crippen molar-refractivity contribution in [1.29, 1.82) is 0 Å². The summed E-state index contributed by atoms with van der Waals surface area (Å²) >= 11 is 6.88. The minimum Gasteiger partial charge on any atom is -0.483 e. The van der Waals surface area contributed by atoms with Gasteiger partial charge in [-0.05, 0) is 53.8 Å². The van der Waals surface area contributed by atoms with Gasteiger partial charge < -0.3 is 4.74 Å². The molecule has 0 saturated heterocycles. The molecule has 0 aliphatic rings. The molecule has 0 aliphatic carbocycles. The number of amides is 2. The van der Waals surface area contributed by atoms with Gasteiger partial charge in [0.25, 0.3) is 11.8 Å². The molecular weight excluding hydrogens is 476 g/mol. The molecule has 0 unspecified atom stereocenters. The minimum absolute atomic E-state index is 0.0372. The van der Waals surface area contributed by atoms with E-state index in [4.69, 9.17) is 4.74 Å². The summed E-state index contributed by atoms with van der Waals surface area (Å²) in [4.78, 5) is 24.1. The van der Waals surface area contributed by atoms with Gasteiger partial charge in [-0.25, -0.2) is 0 Å². The molecule has 2 aromatic rings. The number of aryl methyl sites for hydroxylation is 1. The summed E-state index contributed by atoms with van der Waals surface area (Å²) in [6.07, 6.45) is 0. The van der Waals surface area contributed by atoms with Crippen LogP contribution in [-0.2, 0) is 10.2 Å². The fourth-order valence-corrected chi connectivity index (χ4v) is 3.87. The first-order valence-electron chi connectivity index (χ1n) is 8.36. The molecule has 27 heavy (non-hydrogen) atoms. The quantitative estimate of drug-likeness (QED) is 0.604. The number of hydrogen-bond acceptors (Lipinski definition) is 3. The lowest BCUT2D eigenvalue weighted by Crippen LogP contribution is -2.43. The molecule has 2 N–H and O–H groups in total. The third kappa shape index (κ3) is 6.07. The highest BCUT2D eigenvalue weighted by atomic mass is 79.9. The van der Waals surface area contributed by atoms with E-state index >= 15 is 0 Å². The van der Waals surface area contributed by atoms with E-state index < -0.39 is 11.8 Å². The third-order valence-electron chi connectivity index (χ3n) is 3.85. The Morgan fingerprint density at radius 3 is 2.33 bits per heavy atom. The average molecular weight is 498 g/mol. The number of nitrogens with one attached hydrogen (secondary N) is 2. The zero-order valence-corrected chi connectivity index (χ0v) is 18.8. The second-order valence-electron chi connectivity index (χ2n) is 7.15. The van der Waals surface area contributed by atoms with Gasteiger partial charge in [-0.3, -0.25) is 20.4 Å². The van der Waals surface area contributed by atoms with E-state index in [1.54, 1.807) is 18.2 Å². The number of ether oxygens (including phenoxy) is 1. The SMILES string of the molecule is Cc1cc(Br)ccc1OCC(=O)NNC(=O)c1ccc(C(C)(C)C)c(Br)c1. The molecule has 0 spiro atoms. The third-order valence-corrected chi connectivity index (χ3v) is 5.00. The van der Waals surface area contributed by atoms with Crippen LogP contribution in [0.1, 0.15) is 42.3 Å². The van der Waals surface area contributed by atoms with Crippen LogP contribution in [0.25, 0.3) is 0 Å². The summed E-state index contributed by atoms with van der Waals surface area (Å²) in [6.45, 7) is 7.98. The summed E-state index contributed by atoms with van der Waals surface area (Å²) in [5.74, 6) is -0.234. The van der Waals surface area contributed by atoms with Crippen molar-refractivity contribution in [2.45, 2.75) is 33.1 Å². The smallest absolute Gasteiger partial charge is 0.276 e. The lowest BCUT2D eigenvalue weighted by molar-refractivity contribution is -0.123. The summed E-state index contributed by atoms with van der Waals surface area (Å²) in [6, 6.07) is 10.9. The molecule has 7 heteroatoms. The van der Waals surface area contributed by atoms with Gasteiger partial charge in [0.15, 0.2) is 6.61 Å². The second-order valence-corrected chi connectivity index (χ2v) is 8.92. The maximum atomic E-state index is 12.2. The number of carbonyl (C=O) groups excluding carboxylic acids is 2. The summed E-state index contributed by atoms with van der Waals surface area (Å²) in [5, 5.41) is 0. The molecule has 0 aliphatic heterocycles. The highest BCUT2D eigenvalue weighted by Crippen LogP contribution is 2.30.